The van der Waals surface area contributed by atoms with E-state index in [1.165, 1.54) is 22.4 Å². The molecule has 7 nitrogen and oxygen atoms in total. The highest BCUT2D eigenvalue weighted by molar-refractivity contribution is 5.72. The van der Waals surface area contributed by atoms with Crippen molar-refractivity contribution in [2.75, 3.05) is 5.32 Å². The normalized spacial score (nSPS) is 12.5. The van der Waals surface area contributed by atoms with Gasteiger partial charge in [0.2, 0.25) is 5.95 Å². The molecule has 4 aromatic rings. The number of fused-ring (bicyclic) bond motifs is 3. The van der Waals surface area contributed by atoms with Crippen molar-refractivity contribution in [1.29, 1.82) is 0 Å². The van der Waals surface area contributed by atoms with Crippen LogP contribution in [0.3, 0.4) is 0 Å². The van der Waals surface area contributed by atoms with Crippen LogP contribution in [0.1, 0.15) is 35.0 Å². The molecule has 0 saturated heterocycles. The fraction of sp³-hybridized carbons (Fsp3) is 0.304. The van der Waals surface area contributed by atoms with Gasteiger partial charge < -0.3 is 5.32 Å². The van der Waals surface area contributed by atoms with Gasteiger partial charge >= 0.3 is 0 Å². The predicted octanol–water partition coefficient (Wildman–Crippen LogP) is 3.83. The van der Waals surface area contributed by atoms with E-state index >= 15 is 0 Å². The molecule has 1 aromatic carbocycles. The smallest absolute Gasteiger partial charge is 0.228 e. The summed E-state index contributed by atoms with van der Waals surface area (Å²) in [7, 11) is 2.03. The van der Waals surface area contributed by atoms with Gasteiger partial charge in [-0.1, -0.05) is 24.3 Å². The van der Waals surface area contributed by atoms with Crippen LogP contribution >= 0.6 is 0 Å². The van der Waals surface area contributed by atoms with Crippen LogP contribution in [0.2, 0.25) is 0 Å². The van der Waals surface area contributed by atoms with E-state index in [0.29, 0.717) is 5.95 Å². The van der Waals surface area contributed by atoms with Crippen LogP contribution in [-0.4, -0.2) is 29.5 Å². The summed E-state index contributed by atoms with van der Waals surface area (Å²) in [5.74, 6) is 1.31. The van der Waals surface area contributed by atoms with Gasteiger partial charge in [0, 0.05) is 44.0 Å². The minimum Gasteiger partial charge on any atom is -0.307 e. The zero-order valence-electron chi connectivity index (χ0n) is 17.6. The molecule has 1 N–H and O–H groups in total. The van der Waals surface area contributed by atoms with E-state index in [0.717, 1.165) is 48.6 Å². The molecule has 0 spiro atoms. The Hall–Kier alpha value is -3.48. The molecule has 0 bridgehead atoms. The standard InChI is InChI=1S/C23H25N7/c1-4-30-12-11-20(28-30)25-23-24-14-17-9-10-18-21(22(17)26-23)19(29(3)27-18)13-16-8-6-5-7-15(16)2/h5-8,11-12,14H,4,9-10,13H2,1-3H3,(H,24,25,26,28). The van der Waals surface area contributed by atoms with Crippen molar-refractivity contribution in [3.8, 4) is 11.3 Å². The van der Waals surface area contributed by atoms with Crippen molar-refractivity contribution >= 4 is 11.8 Å². The van der Waals surface area contributed by atoms with Crippen molar-refractivity contribution in [2.45, 2.75) is 39.7 Å². The summed E-state index contributed by atoms with van der Waals surface area (Å²) in [5, 5.41) is 12.5. The molecule has 5 rings (SSSR count). The molecule has 0 radical (unpaired) electrons. The van der Waals surface area contributed by atoms with Crippen molar-refractivity contribution in [3.05, 3.63) is 70.8 Å². The first-order valence-corrected chi connectivity index (χ1v) is 10.4. The maximum absolute atomic E-state index is 4.90. The number of hydrogen-bond acceptors (Lipinski definition) is 5. The lowest BCUT2D eigenvalue weighted by Gasteiger charge is -2.17. The van der Waals surface area contributed by atoms with Crippen LogP contribution in [0.15, 0.2) is 42.7 Å². The number of aromatic nitrogens is 6. The summed E-state index contributed by atoms with van der Waals surface area (Å²) in [6.45, 7) is 5.05. The molecule has 3 heterocycles. The Morgan fingerprint density at radius 2 is 1.97 bits per heavy atom. The Morgan fingerprint density at radius 3 is 2.77 bits per heavy atom. The van der Waals surface area contributed by atoms with Crippen molar-refractivity contribution in [3.63, 3.8) is 0 Å². The van der Waals surface area contributed by atoms with Crippen LogP contribution < -0.4 is 5.32 Å². The van der Waals surface area contributed by atoms with Crippen LogP contribution in [-0.2, 0) is 32.9 Å². The Balaban J connectivity index is 1.54. The number of nitrogens with zero attached hydrogens (tertiary/aromatic N) is 6. The SMILES string of the molecule is CCn1ccc(Nc2ncc3c(n2)-c2c(nn(C)c2Cc2ccccc2C)CC3)n1. The van der Waals surface area contributed by atoms with E-state index in [-0.39, 0.29) is 0 Å². The molecule has 0 unspecified atom stereocenters. The monoisotopic (exact) mass is 399 g/mol. The van der Waals surface area contributed by atoms with Crippen LogP contribution in [0, 0.1) is 6.92 Å². The molecule has 1 aliphatic rings. The van der Waals surface area contributed by atoms with E-state index in [9.17, 15) is 0 Å². The number of nitrogens with one attached hydrogen (secondary N) is 1. The van der Waals surface area contributed by atoms with E-state index in [2.05, 4.69) is 53.5 Å². The summed E-state index contributed by atoms with van der Waals surface area (Å²) in [6.07, 6.45) is 6.54. The van der Waals surface area contributed by atoms with Gasteiger partial charge in [0.15, 0.2) is 5.82 Å². The molecular weight excluding hydrogens is 374 g/mol. The lowest BCUT2D eigenvalue weighted by molar-refractivity contribution is 0.662. The Kier molecular flexibility index (Phi) is 4.58. The molecule has 0 fully saturated rings. The summed E-state index contributed by atoms with van der Waals surface area (Å²) < 4.78 is 3.89. The molecule has 152 valence electrons. The molecular formula is C23H25N7. The summed E-state index contributed by atoms with van der Waals surface area (Å²) >= 11 is 0. The second-order valence-corrected chi connectivity index (χ2v) is 7.74. The molecule has 0 amide bonds. The molecule has 0 saturated carbocycles. The van der Waals surface area contributed by atoms with E-state index in [4.69, 9.17) is 10.1 Å². The second kappa shape index (κ2) is 7.40. The van der Waals surface area contributed by atoms with Gasteiger partial charge in [-0.05, 0) is 43.4 Å². The summed E-state index contributed by atoms with van der Waals surface area (Å²) in [4.78, 5) is 9.43. The maximum atomic E-state index is 4.90. The second-order valence-electron chi connectivity index (χ2n) is 7.74. The quantitative estimate of drug-likeness (QED) is 0.552. The third-order valence-electron chi connectivity index (χ3n) is 5.79. The summed E-state index contributed by atoms with van der Waals surface area (Å²) in [5.41, 5.74) is 8.24. The maximum Gasteiger partial charge on any atom is 0.228 e. The lowest BCUT2D eigenvalue weighted by Crippen LogP contribution is -2.09. The summed E-state index contributed by atoms with van der Waals surface area (Å²) in [6, 6.07) is 10.5. The number of benzene rings is 1. The third-order valence-corrected chi connectivity index (χ3v) is 5.79. The van der Waals surface area contributed by atoms with E-state index < -0.39 is 0 Å². The zero-order valence-corrected chi connectivity index (χ0v) is 17.6. The highest BCUT2D eigenvalue weighted by atomic mass is 15.3. The van der Waals surface area contributed by atoms with E-state index in [1.54, 1.807) is 0 Å². The number of anilines is 2. The third kappa shape index (κ3) is 3.26. The molecule has 30 heavy (non-hydrogen) atoms. The molecule has 3 aromatic heterocycles. The predicted molar refractivity (Wildman–Crippen MR) is 117 cm³/mol. The highest BCUT2D eigenvalue weighted by Crippen LogP contribution is 2.36. The minimum atomic E-state index is 0.564. The first kappa shape index (κ1) is 18.5. The topological polar surface area (TPSA) is 73.5 Å². The zero-order chi connectivity index (χ0) is 20.7. The highest BCUT2D eigenvalue weighted by Gasteiger charge is 2.26. The van der Waals surface area contributed by atoms with Gasteiger partial charge in [0.05, 0.1) is 17.1 Å². The van der Waals surface area contributed by atoms with Gasteiger partial charge in [-0.2, -0.15) is 10.2 Å². The van der Waals surface area contributed by atoms with Gasteiger partial charge in [0.1, 0.15) is 0 Å². The number of aryl methyl sites for hydroxylation is 5. The Morgan fingerprint density at radius 1 is 1.10 bits per heavy atom. The first-order valence-electron chi connectivity index (χ1n) is 10.4. The average molecular weight is 400 g/mol. The number of hydrogen-bond donors (Lipinski definition) is 1. The van der Waals surface area contributed by atoms with Gasteiger partial charge in [-0.3, -0.25) is 9.36 Å². The van der Waals surface area contributed by atoms with E-state index in [1.807, 2.05) is 34.9 Å². The van der Waals surface area contributed by atoms with Gasteiger partial charge in [-0.25, -0.2) is 9.97 Å². The minimum absolute atomic E-state index is 0.564. The van der Waals surface area contributed by atoms with Crippen molar-refractivity contribution in [2.24, 2.45) is 7.05 Å². The Labute approximate surface area is 175 Å². The van der Waals surface area contributed by atoms with Crippen LogP contribution in [0.4, 0.5) is 11.8 Å². The Bertz CT molecular complexity index is 1220. The fourth-order valence-corrected chi connectivity index (χ4v) is 4.10. The molecule has 7 heteroatoms. The molecule has 1 aliphatic carbocycles. The van der Waals surface area contributed by atoms with Crippen molar-refractivity contribution < 1.29 is 0 Å². The molecule has 0 aliphatic heterocycles. The molecule has 0 atom stereocenters. The van der Waals surface area contributed by atoms with Gasteiger partial charge in [0.25, 0.3) is 0 Å². The van der Waals surface area contributed by atoms with Gasteiger partial charge in [-0.15, -0.1) is 0 Å². The largest absolute Gasteiger partial charge is 0.307 e. The average Bonchev–Trinajstić information content (AvgIpc) is 3.33. The van der Waals surface area contributed by atoms with Crippen molar-refractivity contribution in [1.82, 2.24) is 29.5 Å². The lowest BCUT2D eigenvalue weighted by atomic mass is 9.91. The fourth-order valence-electron chi connectivity index (χ4n) is 4.10. The van der Waals surface area contributed by atoms with Crippen LogP contribution in [0.5, 0.6) is 0 Å². The number of rotatable bonds is 5. The first-order chi connectivity index (χ1) is 14.6. The van der Waals surface area contributed by atoms with Crippen LogP contribution in [0.25, 0.3) is 11.3 Å².